The third-order valence-corrected chi connectivity index (χ3v) is 3.37. The molecule has 0 aliphatic rings. The summed E-state index contributed by atoms with van der Waals surface area (Å²) in [7, 11) is 1.84. The number of carbonyl (C=O) groups is 1. The van der Waals surface area contributed by atoms with Gasteiger partial charge in [-0.15, -0.1) is 0 Å². The predicted molar refractivity (Wildman–Crippen MR) is 80.3 cm³/mol. The van der Waals surface area contributed by atoms with Crippen LogP contribution in [0.2, 0.25) is 0 Å². The molecule has 0 radical (unpaired) electrons. The molecule has 1 unspecified atom stereocenters. The van der Waals surface area contributed by atoms with Crippen LogP contribution in [-0.2, 0) is 4.79 Å². The van der Waals surface area contributed by atoms with Gasteiger partial charge in [-0.2, -0.15) is 0 Å². The van der Waals surface area contributed by atoms with Crippen LogP contribution in [0.3, 0.4) is 0 Å². The first-order valence-corrected chi connectivity index (χ1v) is 7.12. The zero-order chi connectivity index (χ0) is 14.1. The van der Waals surface area contributed by atoms with Crippen molar-refractivity contribution in [2.75, 3.05) is 7.05 Å². The normalized spacial score (nSPS) is 15.1. The molecule has 0 N–H and O–H groups in total. The van der Waals surface area contributed by atoms with Crippen LogP contribution in [0.1, 0.15) is 60.3 Å². The smallest absolute Gasteiger partial charge is 0.133 e. The molecule has 0 rings (SSSR count). The molecule has 104 valence electrons. The number of aliphatic imine (C=N–C) groups is 1. The van der Waals surface area contributed by atoms with Gasteiger partial charge in [-0.3, -0.25) is 9.79 Å². The number of Topliss-reactive ketones (excluding diaryl/α,β-unsaturated/α-hetero) is 1. The molecule has 2 nitrogen and oxygen atoms in total. The van der Waals surface area contributed by atoms with Crippen molar-refractivity contribution < 1.29 is 4.79 Å². The lowest BCUT2D eigenvalue weighted by Crippen LogP contribution is -2.12. The molecule has 2 heteroatoms. The maximum atomic E-state index is 11.6. The molecular weight excluding hydrogens is 222 g/mol. The predicted octanol–water partition coefficient (Wildman–Crippen LogP) is 4.45. The molecule has 18 heavy (non-hydrogen) atoms. The average molecular weight is 251 g/mol. The van der Waals surface area contributed by atoms with E-state index in [2.05, 4.69) is 38.8 Å². The van der Waals surface area contributed by atoms with Crippen LogP contribution in [0.4, 0.5) is 0 Å². The molecule has 1 atom stereocenters. The first-order valence-electron chi connectivity index (χ1n) is 7.12. The highest BCUT2D eigenvalue weighted by Crippen LogP contribution is 2.22. The number of rotatable bonds is 8. The van der Waals surface area contributed by atoms with Gasteiger partial charge >= 0.3 is 0 Å². The van der Waals surface area contributed by atoms with Gasteiger partial charge in [0.25, 0.3) is 0 Å². The molecule has 0 bridgehead atoms. The Bertz CT molecular complexity index is 313. The van der Waals surface area contributed by atoms with Crippen LogP contribution in [0.25, 0.3) is 0 Å². The second-order valence-corrected chi connectivity index (χ2v) is 5.27. The van der Waals surface area contributed by atoms with E-state index in [0.717, 1.165) is 18.6 Å². The Kier molecular flexibility index (Phi) is 8.61. The van der Waals surface area contributed by atoms with Gasteiger partial charge in [-0.1, -0.05) is 39.7 Å². The van der Waals surface area contributed by atoms with Crippen molar-refractivity contribution in [1.29, 1.82) is 0 Å². The summed E-state index contributed by atoms with van der Waals surface area (Å²) < 4.78 is 0. The van der Waals surface area contributed by atoms with Crippen LogP contribution >= 0.6 is 0 Å². The average Bonchev–Trinajstić information content (AvgIpc) is 2.34. The van der Waals surface area contributed by atoms with Gasteiger partial charge in [0.2, 0.25) is 0 Å². The quantitative estimate of drug-likeness (QED) is 0.586. The Morgan fingerprint density at radius 3 is 2.28 bits per heavy atom. The largest absolute Gasteiger partial charge is 0.300 e. The summed E-state index contributed by atoms with van der Waals surface area (Å²) in [4.78, 5) is 16.0. The van der Waals surface area contributed by atoms with Gasteiger partial charge in [0.1, 0.15) is 5.78 Å². The van der Waals surface area contributed by atoms with E-state index in [4.69, 9.17) is 0 Å². The van der Waals surface area contributed by atoms with E-state index in [1.807, 2.05) is 14.0 Å². The molecule has 0 saturated heterocycles. The van der Waals surface area contributed by atoms with Crippen LogP contribution in [0.15, 0.2) is 16.6 Å². The van der Waals surface area contributed by atoms with Gasteiger partial charge in [-0.05, 0) is 31.3 Å². The zero-order valence-electron chi connectivity index (χ0n) is 12.9. The van der Waals surface area contributed by atoms with Gasteiger partial charge in [-0.25, -0.2) is 0 Å². The van der Waals surface area contributed by atoms with Crippen molar-refractivity contribution >= 4 is 11.5 Å². The molecule has 0 saturated carbocycles. The number of hydrogen-bond donors (Lipinski definition) is 0. The SMILES string of the molecule is CCCC(CC(=O)CC)/C(C)=C/C(=NC)C(C)C. The Hall–Kier alpha value is -0.920. The number of nitrogens with zero attached hydrogens (tertiary/aromatic N) is 1. The second-order valence-electron chi connectivity index (χ2n) is 5.27. The van der Waals surface area contributed by atoms with Crippen LogP contribution in [0.5, 0.6) is 0 Å². The van der Waals surface area contributed by atoms with E-state index in [0.29, 0.717) is 30.5 Å². The number of hydrogen-bond acceptors (Lipinski definition) is 2. The summed E-state index contributed by atoms with van der Waals surface area (Å²) in [6.07, 6.45) is 5.71. The Morgan fingerprint density at radius 1 is 1.28 bits per heavy atom. The molecule has 0 heterocycles. The fourth-order valence-corrected chi connectivity index (χ4v) is 2.10. The summed E-state index contributed by atoms with van der Waals surface area (Å²) in [5.41, 5.74) is 2.42. The minimum atomic E-state index is 0.362. The topological polar surface area (TPSA) is 29.4 Å². The molecule has 0 aliphatic heterocycles. The van der Waals surface area contributed by atoms with E-state index < -0.39 is 0 Å². The van der Waals surface area contributed by atoms with Gasteiger partial charge < -0.3 is 0 Å². The van der Waals surface area contributed by atoms with Gasteiger partial charge in [0.05, 0.1) is 0 Å². The maximum Gasteiger partial charge on any atom is 0.133 e. The fourth-order valence-electron chi connectivity index (χ4n) is 2.10. The first kappa shape index (κ1) is 17.1. The van der Waals surface area contributed by atoms with E-state index in [9.17, 15) is 4.79 Å². The number of allylic oxidation sites excluding steroid dienone is 2. The molecule has 0 aromatic heterocycles. The molecule has 0 fully saturated rings. The highest BCUT2D eigenvalue weighted by molar-refractivity contribution is 5.97. The number of ketones is 1. The van der Waals surface area contributed by atoms with Crippen LogP contribution < -0.4 is 0 Å². The first-order chi connectivity index (χ1) is 8.46. The lowest BCUT2D eigenvalue weighted by atomic mass is 9.88. The van der Waals surface area contributed by atoms with Crippen molar-refractivity contribution in [3.63, 3.8) is 0 Å². The fraction of sp³-hybridized carbons (Fsp3) is 0.750. The van der Waals surface area contributed by atoms with Crippen molar-refractivity contribution in [3.05, 3.63) is 11.6 Å². The summed E-state index contributed by atoms with van der Waals surface area (Å²) in [6, 6.07) is 0. The Balaban J connectivity index is 4.88. The Morgan fingerprint density at radius 2 is 1.89 bits per heavy atom. The standard InChI is InChI=1S/C16H29NO/c1-7-9-14(11-15(18)8-2)13(5)10-16(17-6)12(3)4/h10,12,14H,7-9,11H2,1-6H3/b13-10+,17-16?. The van der Waals surface area contributed by atoms with Crippen LogP contribution in [0, 0.1) is 11.8 Å². The maximum absolute atomic E-state index is 11.6. The summed E-state index contributed by atoms with van der Waals surface area (Å²) in [5, 5.41) is 0. The van der Waals surface area contributed by atoms with E-state index >= 15 is 0 Å². The van der Waals surface area contributed by atoms with Crippen molar-refractivity contribution in [2.24, 2.45) is 16.8 Å². The minimum Gasteiger partial charge on any atom is -0.300 e. The highest BCUT2D eigenvalue weighted by Gasteiger charge is 2.15. The van der Waals surface area contributed by atoms with Crippen LogP contribution in [-0.4, -0.2) is 18.5 Å². The van der Waals surface area contributed by atoms with Gasteiger partial charge in [0.15, 0.2) is 0 Å². The third-order valence-electron chi connectivity index (χ3n) is 3.37. The molecule has 0 spiro atoms. The van der Waals surface area contributed by atoms with Gasteiger partial charge in [0, 0.05) is 25.6 Å². The summed E-state index contributed by atoms with van der Waals surface area (Å²) in [6.45, 7) is 10.6. The van der Waals surface area contributed by atoms with Crippen molar-refractivity contribution in [2.45, 2.75) is 60.3 Å². The zero-order valence-corrected chi connectivity index (χ0v) is 12.9. The molecule has 0 aromatic rings. The van der Waals surface area contributed by atoms with E-state index in [1.54, 1.807) is 0 Å². The molecular formula is C16H29NO. The molecule has 0 aromatic carbocycles. The van der Waals surface area contributed by atoms with E-state index in [-0.39, 0.29) is 0 Å². The summed E-state index contributed by atoms with van der Waals surface area (Å²) >= 11 is 0. The lowest BCUT2D eigenvalue weighted by Gasteiger charge is -2.17. The highest BCUT2D eigenvalue weighted by atomic mass is 16.1. The molecule has 0 aliphatic carbocycles. The van der Waals surface area contributed by atoms with E-state index in [1.165, 1.54) is 5.57 Å². The minimum absolute atomic E-state index is 0.362. The third kappa shape index (κ3) is 6.13. The second kappa shape index (κ2) is 9.07. The number of carbonyl (C=O) groups excluding carboxylic acids is 1. The molecule has 0 amide bonds. The monoisotopic (exact) mass is 251 g/mol. The Labute approximate surface area is 113 Å². The summed E-state index contributed by atoms with van der Waals surface area (Å²) in [5.74, 6) is 1.19. The van der Waals surface area contributed by atoms with Crippen molar-refractivity contribution in [3.8, 4) is 0 Å². The van der Waals surface area contributed by atoms with Crippen molar-refractivity contribution in [1.82, 2.24) is 0 Å². The lowest BCUT2D eigenvalue weighted by molar-refractivity contribution is -0.119.